The van der Waals surface area contributed by atoms with Crippen LogP contribution >= 0.6 is 0 Å². The number of unbranched alkanes of at least 4 members (excludes halogenated alkanes) is 2. The minimum Gasteiger partial charge on any atom is -0.401 e. The van der Waals surface area contributed by atoms with Gasteiger partial charge in [0.1, 0.15) is 11.6 Å². The van der Waals surface area contributed by atoms with Gasteiger partial charge < -0.3 is 21.9 Å². The molecular formula is C21H45N3O3. The van der Waals surface area contributed by atoms with E-state index in [0.29, 0.717) is 63.0 Å². The van der Waals surface area contributed by atoms with Crippen molar-refractivity contribution in [3.63, 3.8) is 0 Å². The van der Waals surface area contributed by atoms with Gasteiger partial charge in [-0.15, -0.1) is 0 Å². The third-order valence-electron chi connectivity index (χ3n) is 3.68. The van der Waals surface area contributed by atoms with E-state index in [0.717, 1.165) is 19.3 Å². The molecule has 0 aromatic rings. The molecule has 0 rings (SSSR count). The maximum atomic E-state index is 11.8. The fourth-order valence-electron chi connectivity index (χ4n) is 2.21. The van der Waals surface area contributed by atoms with Gasteiger partial charge >= 0.3 is 0 Å². The molecule has 0 spiro atoms. The van der Waals surface area contributed by atoms with E-state index < -0.39 is 0 Å². The maximum Gasteiger partial charge on any atom is 0.135 e. The predicted molar refractivity (Wildman–Crippen MR) is 115 cm³/mol. The summed E-state index contributed by atoms with van der Waals surface area (Å²) in [5.41, 5.74) is 6.56. The van der Waals surface area contributed by atoms with Gasteiger partial charge in [0.15, 0.2) is 0 Å². The van der Waals surface area contributed by atoms with Crippen molar-refractivity contribution in [2.45, 2.75) is 92.5 Å². The number of nitrogens with two attached hydrogens (primary N) is 1. The van der Waals surface area contributed by atoms with E-state index in [1.54, 1.807) is 6.20 Å². The van der Waals surface area contributed by atoms with E-state index >= 15 is 0 Å². The Labute approximate surface area is 167 Å². The summed E-state index contributed by atoms with van der Waals surface area (Å²) in [6.07, 6.45) is 7.19. The van der Waals surface area contributed by atoms with E-state index in [2.05, 4.69) is 19.2 Å². The number of Topliss-reactive ketones (excluding diaryl/α,β-unsaturated/α-hetero) is 2. The third-order valence-corrected chi connectivity index (χ3v) is 3.68. The summed E-state index contributed by atoms with van der Waals surface area (Å²) in [5.74, 6) is 1.00. The molecule has 0 aliphatic heterocycles. The van der Waals surface area contributed by atoms with Crippen molar-refractivity contribution in [3.05, 3.63) is 11.9 Å². The van der Waals surface area contributed by atoms with Gasteiger partial charge in [-0.2, -0.15) is 0 Å². The lowest BCUT2D eigenvalue weighted by Crippen LogP contribution is -2.18. The normalized spacial score (nSPS) is 11.1. The number of hydrogen-bond donors (Lipinski definition) is 3. The van der Waals surface area contributed by atoms with E-state index in [1.807, 2.05) is 13.8 Å². The van der Waals surface area contributed by atoms with Gasteiger partial charge in [-0.1, -0.05) is 27.7 Å². The minimum absolute atomic E-state index is 0. The fourth-order valence-corrected chi connectivity index (χ4v) is 2.21. The molecule has 6 N–H and O–H groups in total. The maximum absolute atomic E-state index is 11.8. The molecule has 0 radical (unpaired) electrons. The third kappa shape index (κ3) is 22.6. The van der Waals surface area contributed by atoms with Crippen LogP contribution < -0.4 is 17.2 Å². The molecule has 0 unspecified atom stereocenters. The SMILES string of the molecule is C.CC(C)COCCC(=O)CCCCCC(=O)CC/C(N)=C/NC(C)C.N. The van der Waals surface area contributed by atoms with Crippen molar-refractivity contribution in [1.29, 1.82) is 0 Å². The van der Waals surface area contributed by atoms with Crippen molar-refractivity contribution in [1.82, 2.24) is 11.5 Å². The van der Waals surface area contributed by atoms with Gasteiger partial charge in [-0.25, -0.2) is 0 Å². The van der Waals surface area contributed by atoms with Crippen LogP contribution in [0.15, 0.2) is 11.9 Å². The first-order valence-electron chi connectivity index (χ1n) is 9.63. The molecule has 0 saturated carbocycles. The molecule has 0 fully saturated rings. The lowest BCUT2D eigenvalue weighted by Gasteiger charge is -2.07. The minimum atomic E-state index is 0. The summed E-state index contributed by atoms with van der Waals surface area (Å²) in [6, 6.07) is 0.346. The van der Waals surface area contributed by atoms with Gasteiger partial charge in [-0.3, -0.25) is 9.59 Å². The van der Waals surface area contributed by atoms with Crippen molar-refractivity contribution in [3.8, 4) is 0 Å². The number of carbonyl (C=O) groups is 2. The smallest absolute Gasteiger partial charge is 0.135 e. The molecule has 6 heteroatoms. The van der Waals surface area contributed by atoms with Crippen LogP contribution in [0, 0.1) is 5.92 Å². The second kappa shape index (κ2) is 19.4. The highest BCUT2D eigenvalue weighted by molar-refractivity contribution is 5.79. The zero-order chi connectivity index (χ0) is 19.1. The van der Waals surface area contributed by atoms with E-state index in [-0.39, 0.29) is 25.1 Å². The molecule has 0 aromatic heterocycles. The first-order valence-corrected chi connectivity index (χ1v) is 9.63. The van der Waals surface area contributed by atoms with Crippen LogP contribution in [0.1, 0.15) is 86.5 Å². The number of nitrogens with one attached hydrogen (secondary N) is 1. The van der Waals surface area contributed by atoms with Crippen molar-refractivity contribution in [2.75, 3.05) is 13.2 Å². The highest BCUT2D eigenvalue weighted by Gasteiger charge is 2.05. The largest absolute Gasteiger partial charge is 0.401 e. The monoisotopic (exact) mass is 387 g/mol. The average molecular weight is 388 g/mol. The highest BCUT2D eigenvalue weighted by Crippen LogP contribution is 2.09. The van der Waals surface area contributed by atoms with Gasteiger partial charge in [-0.05, 0) is 39.0 Å². The summed E-state index contributed by atoms with van der Waals surface area (Å²) in [7, 11) is 0. The van der Waals surface area contributed by atoms with Gasteiger partial charge in [0.05, 0.1) is 6.61 Å². The Bertz CT molecular complexity index is 407. The van der Waals surface area contributed by atoms with Crippen LogP contribution in [0.4, 0.5) is 0 Å². The van der Waals surface area contributed by atoms with Crippen LogP contribution in [0.5, 0.6) is 0 Å². The second-order valence-electron chi connectivity index (χ2n) is 7.40. The topological polar surface area (TPSA) is 116 Å². The molecule has 0 aromatic carbocycles. The van der Waals surface area contributed by atoms with Crippen LogP contribution in [0.3, 0.4) is 0 Å². The standard InChI is InChI=1S/C20H38N2O3.CH4.H3N/c1-16(2)15-25-13-12-20(24)9-7-5-6-8-19(23)11-10-18(21)14-22-17(3)4;;/h14,16-17,22H,5-13,15,21H2,1-4H3;1H4;1H3/b18-14-;;. The molecule has 6 nitrogen and oxygen atoms in total. The van der Waals surface area contributed by atoms with Crippen molar-refractivity contribution >= 4 is 11.6 Å². The molecular weight excluding hydrogens is 342 g/mol. The molecule has 0 atom stereocenters. The zero-order valence-corrected chi connectivity index (χ0v) is 17.3. The zero-order valence-electron chi connectivity index (χ0n) is 17.3. The number of carbonyl (C=O) groups excluding carboxylic acids is 2. The number of ketones is 2. The Hall–Kier alpha value is -1.40. The summed E-state index contributed by atoms with van der Waals surface area (Å²) in [4.78, 5) is 23.5. The molecule has 0 aliphatic rings. The molecule has 0 amide bonds. The van der Waals surface area contributed by atoms with Crippen LogP contribution in [0.2, 0.25) is 0 Å². The molecule has 0 aliphatic carbocycles. The lowest BCUT2D eigenvalue weighted by atomic mass is 10.0. The Morgan fingerprint density at radius 2 is 1.48 bits per heavy atom. The number of allylic oxidation sites excluding steroid dienone is 1. The quantitative estimate of drug-likeness (QED) is 0.335. The average Bonchev–Trinajstić information content (AvgIpc) is 2.54. The molecule has 27 heavy (non-hydrogen) atoms. The summed E-state index contributed by atoms with van der Waals surface area (Å²) in [5, 5.41) is 3.12. The summed E-state index contributed by atoms with van der Waals surface area (Å²) >= 11 is 0. The number of ether oxygens (including phenoxy) is 1. The van der Waals surface area contributed by atoms with Crippen molar-refractivity contribution in [2.24, 2.45) is 11.7 Å². The summed E-state index contributed by atoms with van der Waals surface area (Å²) in [6.45, 7) is 9.50. The van der Waals surface area contributed by atoms with Gasteiger partial charge in [0, 0.05) is 50.2 Å². The van der Waals surface area contributed by atoms with E-state index in [4.69, 9.17) is 10.5 Å². The highest BCUT2D eigenvalue weighted by atomic mass is 16.5. The van der Waals surface area contributed by atoms with Crippen molar-refractivity contribution < 1.29 is 14.3 Å². The van der Waals surface area contributed by atoms with Crippen LogP contribution in [0.25, 0.3) is 0 Å². The Kier molecular flexibility index (Phi) is 21.8. The molecule has 0 saturated heterocycles. The molecule has 0 heterocycles. The Morgan fingerprint density at radius 1 is 0.926 bits per heavy atom. The summed E-state index contributed by atoms with van der Waals surface area (Å²) < 4.78 is 5.42. The molecule has 162 valence electrons. The van der Waals surface area contributed by atoms with Gasteiger partial charge in [0.25, 0.3) is 0 Å². The second-order valence-corrected chi connectivity index (χ2v) is 7.40. The first kappa shape index (κ1) is 30.3. The fraction of sp³-hybridized carbons (Fsp3) is 0.810. The Balaban J connectivity index is -0.00000288. The lowest BCUT2D eigenvalue weighted by molar-refractivity contribution is -0.120. The van der Waals surface area contributed by atoms with Crippen LogP contribution in [-0.4, -0.2) is 30.8 Å². The first-order chi connectivity index (χ1) is 11.8. The molecule has 0 bridgehead atoms. The van der Waals surface area contributed by atoms with Gasteiger partial charge in [0.2, 0.25) is 0 Å². The van der Waals surface area contributed by atoms with E-state index in [9.17, 15) is 9.59 Å². The number of rotatable bonds is 16. The van der Waals surface area contributed by atoms with E-state index in [1.165, 1.54) is 0 Å². The van der Waals surface area contributed by atoms with Crippen LogP contribution in [-0.2, 0) is 14.3 Å². The number of hydrogen-bond acceptors (Lipinski definition) is 6. The Morgan fingerprint density at radius 3 is 2.00 bits per heavy atom. The predicted octanol–water partition coefficient (Wildman–Crippen LogP) is 4.51.